The third kappa shape index (κ3) is 4.10. The molecule has 0 fully saturated rings. The first-order valence-corrected chi connectivity index (χ1v) is 8.93. The maximum absolute atomic E-state index is 13.0. The standard InChI is InChI=1S/C21H26N2O4/c1-7-27-21(26)18-13(3)17(14(4)22-18)19(24)15(5)23(6)20(25)16-10-8-12(2)9-11-16/h8-11,15,22H,7H2,1-6H3/t15-/m1/s1. The van der Waals surface area contributed by atoms with Gasteiger partial charge in [-0.25, -0.2) is 4.79 Å². The van der Waals surface area contributed by atoms with E-state index in [1.807, 2.05) is 19.1 Å². The minimum absolute atomic E-state index is 0.222. The molecule has 27 heavy (non-hydrogen) atoms. The number of nitrogens with one attached hydrogen (secondary N) is 1. The zero-order valence-electron chi connectivity index (χ0n) is 16.7. The van der Waals surface area contributed by atoms with Crippen molar-refractivity contribution in [3.8, 4) is 0 Å². The molecule has 2 rings (SSSR count). The quantitative estimate of drug-likeness (QED) is 0.624. The van der Waals surface area contributed by atoms with Crippen LogP contribution in [-0.2, 0) is 4.74 Å². The molecule has 6 nitrogen and oxygen atoms in total. The van der Waals surface area contributed by atoms with Crippen molar-refractivity contribution in [2.24, 2.45) is 0 Å². The van der Waals surface area contributed by atoms with Crippen molar-refractivity contribution in [3.63, 3.8) is 0 Å². The van der Waals surface area contributed by atoms with E-state index in [9.17, 15) is 14.4 Å². The van der Waals surface area contributed by atoms with Gasteiger partial charge in [-0.1, -0.05) is 17.7 Å². The normalized spacial score (nSPS) is 11.8. The lowest BCUT2D eigenvalue weighted by molar-refractivity contribution is 0.0519. The number of carbonyl (C=O) groups excluding carboxylic acids is 3. The maximum Gasteiger partial charge on any atom is 0.355 e. The number of ether oxygens (including phenoxy) is 1. The topological polar surface area (TPSA) is 79.5 Å². The van der Waals surface area contributed by atoms with Crippen LogP contribution in [-0.4, -0.2) is 47.2 Å². The number of benzene rings is 1. The molecule has 6 heteroatoms. The van der Waals surface area contributed by atoms with Gasteiger partial charge in [-0.2, -0.15) is 0 Å². The van der Waals surface area contributed by atoms with Crippen molar-refractivity contribution in [2.45, 2.75) is 40.7 Å². The summed E-state index contributed by atoms with van der Waals surface area (Å²) in [5, 5.41) is 0. The largest absolute Gasteiger partial charge is 0.461 e. The molecular formula is C21H26N2O4. The van der Waals surface area contributed by atoms with Gasteiger partial charge in [-0.05, 0) is 52.3 Å². The molecule has 1 aromatic heterocycles. The predicted molar refractivity (Wildman–Crippen MR) is 103 cm³/mol. The van der Waals surface area contributed by atoms with Crippen molar-refractivity contribution >= 4 is 17.7 Å². The van der Waals surface area contributed by atoms with Crippen LogP contribution in [0.1, 0.15) is 61.9 Å². The van der Waals surface area contributed by atoms with Crippen molar-refractivity contribution in [3.05, 3.63) is 57.9 Å². The minimum Gasteiger partial charge on any atom is -0.461 e. The Morgan fingerprint density at radius 1 is 1.11 bits per heavy atom. The van der Waals surface area contributed by atoms with Gasteiger partial charge in [0.15, 0.2) is 5.78 Å². The molecule has 2 aromatic rings. The van der Waals surface area contributed by atoms with Crippen LogP contribution in [0.3, 0.4) is 0 Å². The number of Topliss-reactive ketones (excluding diaryl/α,β-unsaturated/α-hetero) is 1. The van der Waals surface area contributed by atoms with Crippen LogP contribution >= 0.6 is 0 Å². The van der Waals surface area contributed by atoms with Gasteiger partial charge in [0, 0.05) is 23.9 Å². The molecule has 0 saturated carbocycles. The molecule has 1 heterocycles. The second-order valence-corrected chi connectivity index (χ2v) is 6.67. The molecule has 0 radical (unpaired) electrons. The van der Waals surface area contributed by atoms with Crippen molar-refractivity contribution < 1.29 is 19.1 Å². The number of rotatable bonds is 6. The van der Waals surface area contributed by atoms with Crippen LogP contribution in [0.4, 0.5) is 0 Å². The fourth-order valence-electron chi connectivity index (χ4n) is 2.99. The van der Waals surface area contributed by atoms with Gasteiger partial charge in [0.1, 0.15) is 5.69 Å². The predicted octanol–water partition coefficient (Wildman–Crippen LogP) is 3.46. The van der Waals surface area contributed by atoms with Gasteiger partial charge in [-0.3, -0.25) is 9.59 Å². The molecule has 1 aromatic carbocycles. The third-order valence-corrected chi connectivity index (χ3v) is 4.74. The second-order valence-electron chi connectivity index (χ2n) is 6.67. The summed E-state index contributed by atoms with van der Waals surface area (Å²) in [4.78, 5) is 42.1. The van der Waals surface area contributed by atoms with E-state index in [0.717, 1.165) is 5.56 Å². The summed E-state index contributed by atoms with van der Waals surface area (Å²) in [6.07, 6.45) is 0. The number of hydrogen-bond donors (Lipinski definition) is 1. The molecule has 1 N–H and O–H groups in total. The Hall–Kier alpha value is -2.89. The fraction of sp³-hybridized carbons (Fsp3) is 0.381. The molecule has 1 atom stereocenters. The zero-order valence-corrected chi connectivity index (χ0v) is 16.7. The van der Waals surface area contributed by atoms with Gasteiger partial charge in [0.05, 0.1) is 12.6 Å². The number of aromatic nitrogens is 1. The Balaban J connectivity index is 2.27. The SMILES string of the molecule is CCOC(=O)c1[nH]c(C)c(C(=O)[C@@H](C)N(C)C(=O)c2ccc(C)cc2)c1C. The number of esters is 1. The number of aryl methyl sites for hydroxylation is 2. The number of amides is 1. The molecule has 0 saturated heterocycles. The Kier molecular flexibility index (Phi) is 6.20. The number of hydrogen-bond acceptors (Lipinski definition) is 4. The number of H-pyrrole nitrogens is 1. The average Bonchev–Trinajstić information content (AvgIpc) is 2.94. The maximum atomic E-state index is 13.0. The van der Waals surface area contributed by atoms with Crippen LogP contribution in [0, 0.1) is 20.8 Å². The van der Waals surface area contributed by atoms with Gasteiger partial charge in [-0.15, -0.1) is 0 Å². The first kappa shape index (κ1) is 20.4. The van der Waals surface area contributed by atoms with E-state index < -0.39 is 12.0 Å². The van der Waals surface area contributed by atoms with Gasteiger partial charge < -0.3 is 14.6 Å². The summed E-state index contributed by atoms with van der Waals surface area (Å²) in [5.41, 5.74) is 3.41. The molecule has 0 aliphatic rings. The van der Waals surface area contributed by atoms with E-state index in [1.54, 1.807) is 46.9 Å². The molecule has 0 aliphatic carbocycles. The average molecular weight is 370 g/mol. The number of carbonyl (C=O) groups is 3. The van der Waals surface area contributed by atoms with Gasteiger partial charge >= 0.3 is 5.97 Å². The summed E-state index contributed by atoms with van der Waals surface area (Å²) in [6.45, 7) is 9.05. The summed E-state index contributed by atoms with van der Waals surface area (Å²) in [5.74, 6) is -0.944. The van der Waals surface area contributed by atoms with E-state index in [0.29, 0.717) is 22.4 Å². The summed E-state index contributed by atoms with van der Waals surface area (Å²) >= 11 is 0. The lowest BCUT2D eigenvalue weighted by Crippen LogP contribution is -2.40. The van der Waals surface area contributed by atoms with Crippen molar-refractivity contribution in [2.75, 3.05) is 13.7 Å². The Labute approximate surface area is 159 Å². The van der Waals surface area contributed by atoms with Crippen LogP contribution in [0.15, 0.2) is 24.3 Å². The zero-order chi connectivity index (χ0) is 20.3. The molecule has 0 bridgehead atoms. The van der Waals surface area contributed by atoms with Crippen LogP contribution in [0.2, 0.25) is 0 Å². The first-order valence-electron chi connectivity index (χ1n) is 8.93. The second kappa shape index (κ2) is 8.20. The minimum atomic E-state index is -0.679. The number of aromatic amines is 1. The van der Waals surface area contributed by atoms with E-state index >= 15 is 0 Å². The smallest absolute Gasteiger partial charge is 0.355 e. The highest BCUT2D eigenvalue weighted by Gasteiger charge is 2.29. The van der Waals surface area contributed by atoms with E-state index in [2.05, 4.69) is 4.98 Å². The number of nitrogens with zero attached hydrogens (tertiary/aromatic N) is 1. The summed E-state index contributed by atoms with van der Waals surface area (Å²) in [6, 6.07) is 6.54. The molecule has 1 amide bonds. The summed E-state index contributed by atoms with van der Waals surface area (Å²) < 4.78 is 5.02. The molecule has 0 unspecified atom stereocenters. The Morgan fingerprint density at radius 3 is 2.26 bits per heavy atom. The lowest BCUT2D eigenvalue weighted by Gasteiger charge is -2.24. The Bertz CT molecular complexity index is 865. The monoisotopic (exact) mass is 370 g/mol. The third-order valence-electron chi connectivity index (χ3n) is 4.74. The van der Waals surface area contributed by atoms with Crippen LogP contribution in [0.25, 0.3) is 0 Å². The van der Waals surface area contributed by atoms with Crippen LogP contribution < -0.4 is 0 Å². The Morgan fingerprint density at radius 2 is 1.70 bits per heavy atom. The molecule has 144 valence electrons. The van der Waals surface area contributed by atoms with E-state index in [-0.39, 0.29) is 24.0 Å². The van der Waals surface area contributed by atoms with Crippen molar-refractivity contribution in [1.29, 1.82) is 0 Å². The highest BCUT2D eigenvalue weighted by molar-refractivity contribution is 6.07. The molecule has 0 spiro atoms. The number of likely N-dealkylation sites (N-methyl/N-ethyl adjacent to an activating group) is 1. The molecule has 0 aliphatic heterocycles. The molecular weight excluding hydrogens is 344 g/mol. The van der Waals surface area contributed by atoms with Crippen LogP contribution in [0.5, 0.6) is 0 Å². The fourth-order valence-corrected chi connectivity index (χ4v) is 2.99. The van der Waals surface area contributed by atoms with Gasteiger partial charge in [0.2, 0.25) is 0 Å². The van der Waals surface area contributed by atoms with E-state index in [4.69, 9.17) is 4.74 Å². The lowest BCUT2D eigenvalue weighted by atomic mass is 9.99. The van der Waals surface area contributed by atoms with E-state index in [1.165, 1.54) is 4.90 Å². The highest BCUT2D eigenvalue weighted by atomic mass is 16.5. The summed E-state index contributed by atoms with van der Waals surface area (Å²) in [7, 11) is 1.61. The number of ketones is 1. The highest BCUT2D eigenvalue weighted by Crippen LogP contribution is 2.22. The van der Waals surface area contributed by atoms with Crippen molar-refractivity contribution in [1.82, 2.24) is 9.88 Å². The van der Waals surface area contributed by atoms with Gasteiger partial charge in [0.25, 0.3) is 5.91 Å². The first-order chi connectivity index (χ1) is 12.7.